The largest absolute Gasteiger partial charge is 0.328 e. The summed E-state index contributed by atoms with van der Waals surface area (Å²) in [6.07, 6.45) is 6.06. The van der Waals surface area contributed by atoms with Gasteiger partial charge in [0, 0.05) is 30.0 Å². The van der Waals surface area contributed by atoms with E-state index in [0.717, 1.165) is 36.0 Å². The first kappa shape index (κ1) is 15.4. The quantitative estimate of drug-likeness (QED) is 0.855. The number of aromatic nitrogens is 2. The van der Waals surface area contributed by atoms with Crippen molar-refractivity contribution in [3.8, 4) is 0 Å². The summed E-state index contributed by atoms with van der Waals surface area (Å²) in [5.74, 6) is 0.00391. The lowest BCUT2D eigenvalue weighted by molar-refractivity contribution is -0.119. The number of rotatable bonds is 6. The highest BCUT2D eigenvalue weighted by molar-refractivity contribution is 5.94. The summed E-state index contributed by atoms with van der Waals surface area (Å²) in [5.41, 5.74) is 8.07. The number of anilines is 1. The number of amides is 1. The molecule has 0 bridgehead atoms. The van der Waals surface area contributed by atoms with E-state index in [1.807, 2.05) is 32.0 Å². The smallest absolute Gasteiger partial charge is 0.227 e. The van der Waals surface area contributed by atoms with Crippen molar-refractivity contribution >= 4 is 22.6 Å². The molecule has 2 atom stereocenters. The molecule has 0 spiro atoms. The van der Waals surface area contributed by atoms with Gasteiger partial charge in [-0.2, -0.15) is 0 Å². The van der Waals surface area contributed by atoms with E-state index in [4.69, 9.17) is 5.73 Å². The average Bonchev–Trinajstić information content (AvgIpc) is 2.46. The highest BCUT2D eigenvalue weighted by Crippen LogP contribution is 2.17. The molecule has 0 fully saturated rings. The third-order valence-corrected chi connectivity index (χ3v) is 3.48. The number of carbonyl (C=O) groups is 1. The highest BCUT2D eigenvalue weighted by atomic mass is 16.1. The summed E-state index contributed by atoms with van der Waals surface area (Å²) in [5, 5.41) is 2.93. The molecule has 0 aliphatic carbocycles. The topological polar surface area (TPSA) is 80.9 Å². The van der Waals surface area contributed by atoms with Gasteiger partial charge < -0.3 is 11.1 Å². The molecular weight excluding hydrogens is 264 g/mol. The third-order valence-electron chi connectivity index (χ3n) is 3.48. The average molecular weight is 286 g/mol. The van der Waals surface area contributed by atoms with E-state index in [0.29, 0.717) is 0 Å². The van der Waals surface area contributed by atoms with Gasteiger partial charge in [-0.25, -0.2) is 0 Å². The van der Waals surface area contributed by atoms with Crippen LogP contribution in [0.25, 0.3) is 11.0 Å². The van der Waals surface area contributed by atoms with Crippen molar-refractivity contribution in [1.29, 1.82) is 0 Å². The Morgan fingerprint density at radius 1 is 1.19 bits per heavy atom. The molecule has 2 rings (SSSR count). The van der Waals surface area contributed by atoms with Gasteiger partial charge in [-0.15, -0.1) is 0 Å². The van der Waals surface area contributed by atoms with Crippen molar-refractivity contribution < 1.29 is 4.79 Å². The monoisotopic (exact) mass is 286 g/mol. The molecule has 5 nitrogen and oxygen atoms in total. The zero-order valence-corrected chi connectivity index (χ0v) is 12.5. The Labute approximate surface area is 125 Å². The number of hydrogen-bond donors (Lipinski definition) is 2. The zero-order valence-electron chi connectivity index (χ0n) is 12.5. The number of hydrogen-bond acceptors (Lipinski definition) is 4. The zero-order chi connectivity index (χ0) is 15.2. The van der Waals surface area contributed by atoms with Gasteiger partial charge >= 0.3 is 0 Å². The molecule has 2 aromatic rings. The van der Waals surface area contributed by atoms with Gasteiger partial charge in [-0.3, -0.25) is 14.8 Å². The SMILES string of the molecule is CC(N)CCCC(C)C(=O)Nc1ccc2nccnc2c1. The standard InChI is InChI=1S/C16H22N4O/c1-11(4-3-5-12(2)17)16(21)20-13-6-7-14-15(10-13)19-9-8-18-14/h6-12H,3-5,17H2,1-2H3,(H,20,21). The first-order valence-electron chi connectivity index (χ1n) is 7.33. The first-order chi connectivity index (χ1) is 10.1. The molecule has 3 N–H and O–H groups in total. The Balaban J connectivity index is 1.94. The van der Waals surface area contributed by atoms with Crippen molar-refractivity contribution in [2.45, 2.75) is 39.2 Å². The summed E-state index contributed by atoms with van der Waals surface area (Å²) < 4.78 is 0. The molecule has 21 heavy (non-hydrogen) atoms. The predicted octanol–water partition coefficient (Wildman–Crippen LogP) is 2.72. The molecule has 0 saturated carbocycles. The van der Waals surface area contributed by atoms with Crippen LogP contribution in [0.3, 0.4) is 0 Å². The lowest BCUT2D eigenvalue weighted by Gasteiger charge is -2.13. The van der Waals surface area contributed by atoms with Gasteiger partial charge in [0.2, 0.25) is 5.91 Å². The number of benzene rings is 1. The van der Waals surface area contributed by atoms with Crippen LogP contribution < -0.4 is 11.1 Å². The lowest BCUT2D eigenvalue weighted by Crippen LogP contribution is -2.21. The molecule has 0 aliphatic rings. The number of nitrogens with one attached hydrogen (secondary N) is 1. The summed E-state index contributed by atoms with van der Waals surface area (Å²) in [6, 6.07) is 5.75. The number of carbonyl (C=O) groups excluding carboxylic acids is 1. The summed E-state index contributed by atoms with van der Waals surface area (Å²) >= 11 is 0. The third kappa shape index (κ3) is 4.49. The maximum atomic E-state index is 12.1. The van der Waals surface area contributed by atoms with Crippen LogP contribution >= 0.6 is 0 Å². The van der Waals surface area contributed by atoms with Crippen LogP contribution in [0.15, 0.2) is 30.6 Å². The van der Waals surface area contributed by atoms with Gasteiger partial charge in [-0.1, -0.05) is 13.3 Å². The molecule has 5 heteroatoms. The van der Waals surface area contributed by atoms with Crippen LogP contribution in [-0.4, -0.2) is 21.9 Å². The number of fused-ring (bicyclic) bond motifs is 1. The maximum Gasteiger partial charge on any atom is 0.227 e. The van der Waals surface area contributed by atoms with Crippen LogP contribution in [0.4, 0.5) is 5.69 Å². The molecule has 2 unspecified atom stereocenters. The van der Waals surface area contributed by atoms with Crippen LogP contribution in [0, 0.1) is 5.92 Å². The van der Waals surface area contributed by atoms with Gasteiger partial charge in [0.25, 0.3) is 0 Å². The Kier molecular flexibility index (Phi) is 5.22. The van der Waals surface area contributed by atoms with Crippen LogP contribution in [0.5, 0.6) is 0 Å². The molecule has 112 valence electrons. The van der Waals surface area contributed by atoms with Crippen molar-refractivity contribution in [3.63, 3.8) is 0 Å². The predicted molar refractivity (Wildman–Crippen MR) is 84.8 cm³/mol. The second-order valence-corrected chi connectivity index (χ2v) is 5.56. The fraction of sp³-hybridized carbons (Fsp3) is 0.438. The molecule has 1 heterocycles. The molecule has 0 aliphatic heterocycles. The molecule has 0 saturated heterocycles. The second-order valence-electron chi connectivity index (χ2n) is 5.56. The van der Waals surface area contributed by atoms with Gasteiger partial charge in [0.1, 0.15) is 0 Å². The lowest BCUT2D eigenvalue weighted by atomic mass is 10.0. The molecule has 1 amide bonds. The van der Waals surface area contributed by atoms with E-state index in [1.54, 1.807) is 12.4 Å². The first-order valence-corrected chi connectivity index (χ1v) is 7.33. The van der Waals surface area contributed by atoms with Gasteiger partial charge in [0.15, 0.2) is 0 Å². The molecule has 1 aromatic heterocycles. The minimum Gasteiger partial charge on any atom is -0.328 e. The van der Waals surface area contributed by atoms with Crippen LogP contribution in [0.2, 0.25) is 0 Å². The minimum atomic E-state index is -0.0266. The Morgan fingerprint density at radius 3 is 2.62 bits per heavy atom. The number of nitrogens with zero attached hydrogens (tertiary/aromatic N) is 2. The maximum absolute atomic E-state index is 12.1. The Morgan fingerprint density at radius 2 is 1.90 bits per heavy atom. The summed E-state index contributed by atoms with van der Waals surface area (Å²) in [7, 11) is 0. The second kappa shape index (κ2) is 7.13. The van der Waals surface area contributed by atoms with Crippen molar-refractivity contribution in [3.05, 3.63) is 30.6 Å². The Hall–Kier alpha value is -2.01. The van der Waals surface area contributed by atoms with Crippen LogP contribution in [0.1, 0.15) is 33.1 Å². The van der Waals surface area contributed by atoms with Gasteiger partial charge in [-0.05, 0) is 38.0 Å². The summed E-state index contributed by atoms with van der Waals surface area (Å²) in [6.45, 7) is 3.93. The summed E-state index contributed by atoms with van der Waals surface area (Å²) in [4.78, 5) is 20.6. The number of nitrogens with two attached hydrogens (primary N) is 1. The fourth-order valence-corrected chi connectivity index (χ4v) is 2.18. The molecular formula is C16H22N4O. The van der Waals surface area contributed by atoms with E-state index in [2.05, 4.69) is 15.3 Å². The van der Waals surface area contributed by atoms with E-state index >= 15 is 0 Å². The van der Waals surface area contributed by atoms with E-state index < -0.39 is 0 Å². The van der Waals surface area contributed by atoms with Crippen molar-refractivity contribution in [2.75, 3.05) is 5.32 Å². The fourth-order valence-electron chi connectivity index (χ4n) is 2.18. The highest BCUT2D eigenvalue weighted by Gasteiger charge is 2.13. The van der Waals surface area contributed by atoms with Crippen molar-refractivity contribution in [1.82, 2.24) is 9.97 Å². The molecule has 0 radical (unpaired) electrons. The van der Waals surface area contributed by atoms with E-state index in [-0.39, 0.29) is 17.9 Å². The Bertz CT molecular complexity index is 612. The van der Waals surface area contributed by atoms with Crippen molar-refractivity contribution in [2.24, 2.45) is 11.7 Å². The van der Waals surface area contributed by atoms with E-state index in [1.165, 1.54) is 0 Å². The van der Waals surface area contributed by atoms with E-state index in [9.17, 15) is 4.79 Å². The molecule has 1 aromatic carbocycles. The van der Waals surface area contributed by atoms with Crippen LogP contribution in [-0.2, 0) is 4.79 Å². The minimum absolute atomic E-state index is 0.0266. The van der Waals surface area contributed by atoms with Gasteiger partial charge in [0.05, 0.1) is 11.0 Å². The normalized spacial score (nSPS) is 13.9.